The fraction of sp³-hybridized carbons (Fsp3) is 0.562. The van der Waals surface area contributed by atoms with E-state index >= 15 is 0 Å². The normalized spacial score (nSPS) is 20.5. The van der Waals surface area contributed by atoms with Crippen LogP contribution in [0.25, 0.3) is 0 Å². The van der Waals surface area contributed by atoms with E-state index < -0.39 is 0 Å². The Kier molecular flexibility index (Phi) is 5.75. The third-order valence-corrected chi connectivity index (χ3v) is 3.88. The lowest BCUT2D eigenvalue weighted by molar-refractivity contribution is -0.145. The summed E-state index contributed by atoms with van der Waals surface area (Å²) in [4.78, 5) is 27.6. The first kappa shape index (κ1) is 16.3. The molecule has 6 heteroatoms. The van der Waals surface area contributed by atoms with Crippen LogP contribution in [0.5, 0.6) is 0 Å². The minimum atomic E-state index is -0.139. The Morgan fingerprint density at radius 3 is 2.82 bits per heavy atom. The van der Waals surface area contributed by atoms with Crippen LogP contribution in [-0.4, -0.2) is 36.6 Å². The van der Waals surface area contributed by atoms with Crippen LogP contribution in [0.4, 0.5) is 5.82 Å². The smallest absolute Gasteiger partial charge is 0.308 e. The minimum absolute atomic E-state index is 0.0263. The topological polar surface area (TPSA) is 80.3 Å². The summed E-state index contributed by atoms with van der Waals surface area (Å²) < 4.78 is 4.78. The van der Waals surface area contributed by atoms with E-state index in [-0.39, 0.29) is 23.8 Å². The van der Waals surface area contributed by atoms with Crippen LogP contribution in [-0.2, 0) is 9.53 Å². The third-order valence-electron chi connectivity index (χ3n) is 3.88. The maximum absolute atomic E-state index is 11.8. The maximum atomic E-state index is 11.8. The molecule has 0 aromatic carbocycles. The zero-order valence-electron chi connectivity index (χ0n) is 13.1. The van der Waals surface area contributed by atoms with Crippen LogP contribution in [0.3, 0.4) is 0 Å². The molecule has 1 aliphatic rings. The Bertz CT molecular complexity index is 516. The molecular formula is C16H23N3O3. The number of nitrogens with zero attached hydrogens (tertiary/aromatic N) is 1. The first-order valence-electron chi connectivity index (χ1n) is 7.72. The molecule has 2 N–H and O–H groups in total. The van der Waals surface area contributed by atoms with Crippen molar-refractivity contribution >= 4 is 17.7 Å². The molecule has 1 saturated carbocycles. The van der Waals surface area contributed by atoms with E-state index in [9.17, 15) is 9.59 Å². The number of carbonyl (C=O) groups is 2. The van der Waals surface area contributed by atoms with Gasteiger partial charge in [0.15, 0.2) is 0 Å². The monoisotopic (exact) mass is 305 g/mol. The molecule has 0 spiro atoms. The molecule has 0 bridgehead atoms. The van der Waals surface area contributed by atoms with Crippen LogP contribution in [0.1, 0.15) is 43.0 Å². The van der Waals surface area contributed by atoms with E-state index in [1.807, 2.05) is 6.92 Å². The van der Waals surface area contributed by atoms with E-state index in [1.54, 1.807) is 18.3 Å². The summed E-state index contributed by atoms with van der Waals surface area (Å²) in [6.07, 6.45) is 4.98. The van der Waals surface area contributed by atoms with E-state index in [2.05, 4.69) is 15.6 Å². The lowest BCUT2D eigenvalue weighted by atomic mass is 10.1. The number of carbonyl (C=O) groups excluding carboxylic acids is 2. The number of methoxy groups -OCH3 is 1. The van der Waals surface area contributed by atoms with Gasteiger partial charge in [-0.05, 0) is 37.8 Å². The van der Waals surface area contributed by atoms with E-state index in [1.165, 1.54) is 7.11 Å². The Morgan fingerprint density at radius 2 is 2.18 bits per heavy atom. The molecule has 0 saturated heterocycles. The predicted octanol–water partition coefficient (Wildman–Crippen LogP) is 1.97. The van der Waals surface area contributed by atoms with Crippen LogP contribution in [0, 0.1) is 5.92 Å². The Hall–Kier alpha value is -2.11. The van der Waals surface area contributed by atoms with Crippen molar-refractivity contribution in [2.75, 3.05) is 19.0 Å². The molecule has 22 heavy (non-hydrogen) atoms. The number of rotatable bonds is 6. The van der Waals surface area contributed by atoms with Gasteiger partial charge < -0.3 is 15.4 Å². The highest BCUT2D eigenvalue weighted by atomic mass is 16.5. The van der Waals surface area contributed by atoms with Gasteiger partial charge in [-0.15, -0.1) is 0 Å². The summed E-state index contributed by atoms with van der Waals surface area (Å²) in [5.74, 6) is 0.455. The second-order valence-corrected chi connectivity index (χ2v) is 5.56. The van der Waals surface area contributed by atoms with Crippen molar-refractivity contribution in [1.29, 1.82) is 0 Å². The minimum Gasteiger partial charge on any atom is -0.469 e. The number of esters is 1. The molecule has 1 amide bonds. The van der Waals surface area contributed by atoms with Crippen molar-refractivity contribution in [3.8, 4) is 0 Å². The average Bonchev–Trinajstić information content (AvgIpc) is 3.01. The second-order valence-electron chi connectivity index (χ2n) is 5.56. The molecule has 1 heterocycles. The molecule has 0 aliphatic heterocycles. The maximum Gasteiger partial charge on any atom is 0.308 e. The van der Waals surface area contributed by atoms with Crippen molar-refractivity contribution < 1.29 is 14.3 Å². The molecule has 0 unspecified atom stereocenters. The number of anilines is 1. The van der Waals surface area contributed by atoms with E-state index in [4.69, 9.17) is 4.74 Å². The van der Waals surface area contributed by atoms with Gasteiger partial charge in [0.1, 0.15) is 5.82 Å². The Labute approximate surface area is 130 Å². The molecule has 1 aliphatic carbocycles. The molecule has 2 rings (SSSR count). The zero-order chi connectivity index (χ0) is 15.9. The number of aromatic nitrogens is 1. The number of hydrogen-bond acceptors (Lipinski definition) is 5. The molecule has 0 radical (unpaired) electrons. The third kappa shape index (κ3) is 4.19. The molecule has 6 nitrogen and oxygen atoms in total. The van der Waals surface area contributed by atoms with Crippen molar-refractivity contribution in [3.63, 3.8) is 0 Å². The number of nitrogens with one attached hydrogen (secondary N) is 2. The van der Waals surface area contributed by atoms with Gasteiger partial charge in [-0.25, -0.2) is 4.98 Å². The largest absolute Gasteiger partial charge is 0.469 e. The summed E-state index contributed by atoms with van der Waals surface area (Å²) >= 11 is 0. The predicted molar refractivity (Wildman–Crippen MR) is 83.6 cm³/mol. The summed E-state index contributed by atoms with van der Waals surface area (Å²) in [5, 5.41) is 6.12. The molecule has 1 aromatic rings. The summed E-state index contributed by atoms with van der Waals surface area (Å²) in [6, 6.07) is 3.77. The van der Waals surface area contributed by atoms with E-state index in [0.29, 0.717) is 12.1 Å². The van der Waals surface area contributed by atoms with Crippen LogP contribution < -0.4 is 10.6 Å². The first-order chi connectivity index (χ1) is 10.6. The van der Waals surface area contributed by atoms with Crippen molar-refractivity contribution in [3.05, 3.63) is 23.9 Å². The van der Waals surface area contributed by atoms with Gasteiger partial charge in [0, 0.05) is 18.8 Å². The van der Waals surface area contributed by atoms with Gasteiger partial charge >= 0.3 is 5.97 Å². The van der Waals surface area contributed by atoms with Gasteiger partial charge in [-0.3, -0.25) is 9.59 Å². The second kappa shape index (κ2) is 7.77. The fourth-order valence-electron chi connectivity index (χ4n) is 2.66. The first-order valence-corrected chi connectivity index (χ1v) is 7.72. The van der Waals surface area contributed by atoms with Gasteiger partial charge in [-0.2, -0.15) is 0 Å². The fourth-order valence-corrected chi connectivity index (χ4v) is 2.66. The lowest BCUT2D eigenvalue weighted by Crippen LogP contribution is -2.24. The van der Waals surface area contributed by atoms with Crippen LogP contribution in [0.2, 0.25) is 0 Å². The highest BCUT2D eigenvalue weighted by molar-refractivity contribution is 5.94. The van der Waals surface area contributed by atoms with Crippen LogP contribution >= 0.6 is 0 Å². The highest BCUT2D eigenvalue weighted by Gasteiger charge is 2.30. The zero-order valence-corrected chi connectivity index (χ0v) is 13.1. The van der Waals surface area contributed by atoms with Gasteiger partial charge in [0.05, 0.1) is 18.6 Å². The molecular weight excluding hydrogens is 282 g/mol. The average molecular weight is 305 g/mol. The Balaban J connectivity index is 1.87. The molecule has 1 fully saturated rings. The van der Waals surface area contributed by atoms with Crippen molar-refractivity contribution in [1.82, 2.24) is 10.3 Å². The van der Waals surface area contributed by atoms with E-state index in [0.717, 1.165) is 31.5 Å². The summed E-state index contributed by atoms with van der Waals surface area (Å²) in [7, 11) is 1.42. The number of pyridine rings is 1. The standard InChI is InChI=1S/C16H23N3O3/c1-3-8-17-15(20)12-5-7-14(18-10-12)19-13-6-4-11(9-13)16(21)22-2/h5,7,10-11,13H,3-4,6,8-9H2,1-2H3,(H,17,20)(H,18,19)/t11-,13+/m0/s1. The summed E-state index contributed by atoms with van der Waals surface area (Å²) in [6.45, 7) is 2.67. The molecule has 2 atom stereocenters. The lowest BCUT2D eigenvalue weighted by Gasteiger charge is -2.13. The number of hydrogen-bond donors (Lipinski definition) is 2. The number of ether oxygens (including phenoxy) is 1. The highest BCUT2D eigenvalue weighted by Crippen LogP contribution is 2.28. The number of amides is 1. The Morgan fingerprint density at radius 1 is 1.36 bits per heavy atom. The van der Waals surface area contributed by atoms with Crippen molar-refractivity contribution in [2.45, 2.75) is 38.6 Å². The van der Waals surface area contributed by atoms with Gasteiger partial charge in [0.25, 0.3) is 5.91 Å². The quantitative estimate of drug-likeness (QED) is 0.786. The summed E-state index contributed by atoms with van der Waals surface area (Å²) in [5.41, 5.74) is 0.554. The van der Waals surface area contributed by atoms with Crippen LogP contribution in [0.15, 0.2) is 18.3 Å². The SMILES string of the molecule is CCCNC(=O)c1ccc(N[C@@H]2CC[C@H](C(=O)OC)C2)nc1. The van der Waals surface area contributed by atoms with Gasteiger partial charge in [-0.1, -0.05) is 6.92 Å². The molecule has 1 aromatic heterocycles. The van der Waals surface area contributed by atoms with Gasteiger partial charge in [0.2, 0.25) is 0 Å². The molecule has 120 valence electrons. The van der Waals surface area contributed by atoms with Crippen molar-refractivity contribution in [2.24, 2.45) is 5.92 Å².